The van der Waals surface area contributed by atoms with Crippen LogP contribution in [0.2, 0.25) is 0 Å². The summed E-state index contributed by atoms with van der Waals surface area (Å²) in [6, 6.07) is 8.15. The van der Waals surface area contributed by atoms with E-state index >= 15 is 0 Å². The second kappa shape index (κ2) is 7.07. The lowest BCUT2D eigenvalue weighted by Crippen LogP contribution is -2.04. The van der Waals surface area contributed by atoms with Crippen LogP contribution in [0.5, 0.6) is 11.6 Å². The zero-order chi connectivity index (χ0) is 15.2. The molecule has 4 heteroatoms. The Morgan fingerprint density at radius 1 is 1.24 bits per heavy atom. The Balaban J connectivity index is 2.32. The standard InChI is InChI=1S/C17H23N3O/c1-5-12(3)14-9-7-8-10-15(14)21-16-13(4)11-19-17(20-16)18-6-2/h7-12H,5-6H2,1-4H3,(H,18,19,20). The van der Waals surface area contributed by atoms with Gasteiger partial charge in [0.05, 0.1) is 0 Å². The van der Waals surface area contributed by atoms with Gasteiger partial charge in [-0.1, -0.05) is 32.0 Å². The zero-order valence-electron chi connectivity index (χ0n) is 13.2. The van der Waals surface area contributed by atoms with Gasteiger partial charge in [0.15, 0.2) is 0 Å². The van der Waals surface area contributed by atoms with Gasteiger partial charge in [0, 0.05) is 18.3 Å². The molecule has 0 aliphatic rings. The van der Waals surface area contributed by atoms with E-state index in [-0.39, 0.29) is 0 Å². The van der Waals surface area contributed by atoms with Gasteiger partial charge in [-0.25, -0.2) is 4.98 Å². The molecule has 1 aromatic carbocycles. The molecule has 112 valence electrons. The highest BCUT2D eigenvalue weighted by atomic mass is 16.5. The fourth-order valence-electron chi connectivity index (χ4n) is 2.08. The van der Waals surface area contributed by atoms with E-state index in [2.05, 4.69) is 35.2 Å². The molecular weight excluding hydrogens is 262 g/mol. The molecule has 0 aliphatic carbocycles. The summed E-state index contributed by atoms with van der Waals surface area (Å²) < 4.78 is 6.06. The molecule has 2 rings (SSSR count). The van der Waals surface area contributed by atoms with Crippen LogP contribution < -0.4 is 10.1 Å². The Morgan fingerprint density at radius 3 is 2.71 bits per heavy atom. The monoisotopic (exact) mass is 285 g/mol. The number of hydrogen-bond donors (Lipinski definition) is 1. The lowest BCUT2D eigenvalue weighted by atomic mass is 9.98. The number of para-hydroxylation sites is 1. The molecule has 0 amide bonds. The molecule has 1 unspecified atom stereocenters. The van der Waals surface area contributed by atoms with E-state index in [1.54, 1.807) is 6.20 Å². The maximum Gasteiger partial charge on any atom is 0.226 e. The van der Waals surface area contributed by atoms with E-state index in [0.717, 1.165) is 24.3 Å². The van der Waals surface area contributed by atoms with Gasteiger partial charge in [0.2, 0.25) is 11.8 Å². The molecule has 1 heterocycles. The summed E-state index contributed by atoms with van der Waals surface area (Å²) in [4.78, 5) is 8.68. The molecule has 0 saturated carbocycles. The molecule has 1 N–H and O–H groups in total. The molecule has 0 saturated heterocycles. The van der Waals surface area contributed by atoms with Crippen LogP contribution in [0.3, 0.4) is 0 Å². The first-order valence-electron chi connectivity index (χ1n) is 7.50. The normalized spacial score (nSPS) is 12.0. The first-order chi connectivity index (χ1) is 10.2. The number of rotatable bonds is 6. The lowest BCUT2D eigenvalue weighted by Gasteiger charge is -2.16. The molecule has 1 atom stereocenters. The molecular formula is C17H23N3O. The van der Waals surface area contributed by atoms with Crippen molar-refractivity contribution in [3.63, 3.8) is 0 Å². The van der Waals surface area contributed by atoms with E-state index < -0.39 is 0 Å². The van der Waals surface area contributed by atoms with Crippen LogP contribution in [0.25, 0.3) is 0 Å². The highest BCUT2D eigenvalue weighted by molar-refractivity contribution is 5.41. The van der Waals surface area contributed by atoms with E-state index in [1.165, 1.54) is 5.56 Å². The molecule has 21 heavy (non-hydrogen) atoms. The van der Waals surface area contributed by atoms with Crippen LogP contribution in [0.1, 0.15) is 44.2 Å². The van der Waals surface area contributed by atoms with Crippen LogP contribution in [-0.2, 0) is 0 Å². The fraction of sp³-hybridized carbons (Fsp3) is 0.412. The second-order valence-electron chi connectivity index (χ2n) is 5.16. The molecule has 0 fully saturated rings. The van der Waals surface area contributed by atoms with Gasteiger partial charge in [0.25, 0.3) is 0 Å². The predicted octanol–water partition coefficient (Wildman–Crippen LogP) is 4.52. The molecule has 0 radical (unpaired) electrons. The van der Waals surface area contributed by atoms with Crippen molar-refractivity contribution in [2.75, 3.05) is 11.9 Å². The largest absolute Gasteiger partial charge is 0.438 e. The van der Waals surface area contributed by atoms with Crippen molar-refractivity contribution in [3.8, 4) is 11.6 Å². The maximum absolute atomic E-state index is 6.06. The molecule has 0 aliphatic heterocycles. The smallest absolute Gasteiger partial charge is 0.226 e. The van der Waals surface area contributed by atoms with Gasteiger partial charge >= 0.3 is 0 Å². The number of nitrogens with one attached hydrogen (secondary N) is 1. The summed E-state index contributed by atoms with van der Waals surface area (Å²) in [5, 5.41) is 3.11. The summed E-state index contributed by atoms with van der Waals surface area (Å²) >= 11 is 0. The number of hydrogen-bond acceptors (Lipinski definition) is 4. The van der Waals surface area contributed by atoms with Crippen LogP contribution in [0.15, 0.2) is 30.5 Å². The summed E-state index contributed by atoms with van der Waals surface area (Å²) in [7, 11) is 0. The molecule has 0 bridgehead atoms. The van der Waals surface area contributed by atoms with Gasteiger partial charge in [0.1, 0.15) is 5.75 Å². The number of nitrogens with zero attached hydrogens (tertiary/aromatic N) is 2. The minimum atomic E-state index is 0.455. The maximum atomic E-state index is 6.06. The average molecular weight is 285 g/mol. The highest BCUT2D eigenvalue weighted by Crippen LogP contribution is 2.32. The van der Waals surface area contributed by atoms with E-state index in [4.69, 9.17) is 4.74 Å². The van der Waals surface area contributed by atoms with Gasteiger partial charge < -0.3 is 10.1 Å². The Labute approximate surface area is 126 Å². The summed E-state index contributed by atoms with van der Waals surface area (Å²) in [5.74, 6) is 2.53. The summed E-state index contributed by atoms with van der Waals surface area (Å²) in [6.07, 6.45) is 2.86. The van der Waals surface area contributed by atoms with Gasteiger partial charge in [-0.3, -0.25) is 0 Å². The Bertz CT molecular complexity index is 598. The minimum absolute atomic E-state index is 0.455. The van der Waals surface area contributed by atoms with Gasteiger partial charge in [-0.05, 0) is 37.8 Å². The zero-order valence-corrected chi connectivity index (χ0v) is 13.2. The molecule has 1 aromatic heterocycles. The van der Waals surface area contributed by atoms with Crippen LogP contribution in [-0.4, -0.2) is 16.5 Å². The second-order valence-corrected chi connectivity index (χ2v) is 5.16. The van der Waals surface area contributed by atoms with Crippen molar-refractivity contribution in [3.05, 3.63) is 41.6 Å². The first kappa shape index (κ1) is 15.3. The summed E-state index contributed by atoms with van der Waals surface area (Å²) in [6.45, 7) is 9.14. The fourth-order valence-corrected chi connectivity index (χ4v) is 2.08. The van der Waals surface area contributed by atoms with Crippen LogP contribution in [0.4, 0.5) is 5.95 Å². The van der Waals surface area contributed by atoms with Gasteiger partial charge in [-0.15, -0.1) is 0 Å². The Kier molecular flexibility index (Phi) is 5.14. The summed E-state index contributed by atoms with van der Waals surface area (Å²) in [5.41, 5.74) is 2.14. The third-order valence-corrected chi connectivity index (χ3v) is 3.53. The molecule has 0 spiro atoms. The van der Waals surface area contributed by atoms with Crippen molar-refractivity contribution in [2.45, 2.75) is 40.0 Å². The topological polar surface area (TPSA) is 47.0 Å². The SMILES string of the molecule is CCNc1ncc(C)c(Oc2ccccc2C(C)CC)n1. The van der Waals surface area contributed by atoms with Crippen molar-refractivity contribution < 1.29 is 4.74 Å². The third-order valence-electron chi connectivity index (χ3n) is 3.53. The number of aromatic nitrogens is 2. The predicted molar refractivity (Wildman–Crippen MR) is 86.2 cm³/mol. The lowest BCUT2D eigenvalue weighted by molar-refractivity contribution is 0.447. The Hall–Kier alpha value is -2.10. The van der Waals surface area contributed by atoms with Crippen LogP contribution in [0, 0.1) is 6.92 Å². The number of anilines is 1. The van der Waals surface area contributed by atoms with Crippen molar-refractivity contribution in [1.29, 1.82) is 0 Å². The van der Waals surface area contributed by atoms with Crippen LogP contribution >= 0.6 is 0 Å². The van der Waals surface area contributed by atoms with Crippen molar-refractivity contribution in [2.24, 2.45) is 0 Å². The Morgan fingerprint density at radius 2 is 2.00 bits per heavy atom. The van der Waals surface area contributed by atoms with Crippen molar-refractivity contribution in [1.82, 2.24) is 9.97 Å². The average Bonchev–Trinajstić information content (AvgIpc) is 2.50. The number of ether oxygens (including phenoxy) is 1. The van der Waals surface area contributed by atoms with Crippen molar-refractivity contribution >= 4 is 5.95 Å². The van der Waals surface area contributed by atoms with E-state index in [0.29, 0.717) is 17.7 Å². The molecule has 4 nitrogen and oxygen atoms in total. The van der Waals surface area contributed by atoms with E-state index in [1.807, 2.05) is 32.0 Å². The number of benzene rings is 1. The number of aryl methyl sites for hydroxylation is 1. The first-order valence-corrected chi connectivity index (χ1v) is 7.50. The van der Waals surface area contributed by atoms with Gasteiger partial charge in [-0.2, -0.15) is 4.98 Å². The minimum Gasteiger partial charge on any atom is -0.438 e. The molecule has 2 aromatic rings. The quantitative estimate of drug-likeness (QED) is 0.847. The third kappa shape index (κ3) is 3.72. The van der Waals surface area contributed by atoms with E-state index in [9.17, 15) is 0 Å². The highest BCUT2D eigenvalue weighted by Gasteiger charge is 2.12.